The van der Waals surface area contributed by atoms with Crippen molar-refractivity contribution in [2.45, 2.75) is 32.0 Å². The Labute approximate surface area is 85.3 Å². The van der Waals surface area contributed by atoms with Crippen LogP contribution in [0.2, 0.25) is 0 Å². The number of hydrogen-bond acceptors (Lipinski definition) is 2. The van der Waals surface area contributed by atoms with Crippen LogP contribution in [0.5, 0.6) is 0 Å². The van der Waals surface area contributed by atoms with Crippen LogP contribution in [0, 0.1) is 0 Å². The molecular formula is C12H17NO. The highest BCUT2D eigenvalue weighted by Crippen LogP contribution is 2.11. The minimum absolute atomic E-state index is 0.578. The number of rotatable bonds is 4. The van der Waals surface area contributed by atoms with Gasteiger partial charge < -0.3 is 10.1 Å². The molecule has 1 aliphatic rings. The minimum Gasteiger partial charge on any atom is -0.375 e. The lowest BCUT2D eigenvalue weighted by Gasteiger charge is -2.34. The van der Waals surface area contributed by atoms with Gasteiger partial charge in [-0.05, 0) is 18.9 Å². The molecule has 2 rings (SSSR count). The van der Waals surface area contributed by atoms with Gasteiger partial charge in [0.05, 0.1) is 13.2 Å². The highest BCUT2D eigenvalue weighted by molar-refractivity contribution is 5.13. The van der Waals surface area contributed by atoms with E-state index >= 15 is 0 Å². The van der Waals surface area contributed by atoms with Crippen LogP contribution in [0.1, 0.15) is 18.9 Å². The van der Waals surface area contributed by atoms with E-state index in [0.717, 1.165) is 13.2 Å². The van der Waals surface area contributed by atoms with Crippen molar-refractivity contribution in [1.82, 2.24) is 5.32 Å². The van der Waals surface area contributed by atoms with Crippen molar-refractivity contribution in [1.29, 1.82) is 0 Å². The fourth-order valence-electron chi connectivity index (χ4n) is 1.81. The minimum atomic E-state index is 0.578. The summed E-state index contributed by atoms with van der Waals surface area (Å²) in [6.45, 7) is 3.76. The summed E-state index contributed by atoms with van der Waals surface area (Å²) in [7, 11) is 0. The molecule has 1 fully saturated rings. The average molecular weight is 191 g/mol. The van der Waals surface area contributed by atoms with Gasteiger partial charge in [-0.1, -0.05) is 30.3 Å². The van der Waals surface area contributed by atoms with Crippen LogP contribution >= 0.6 is 0 Å². The van der Waals surface area contributed by atoms with Gasteiger partial charge >= 0.3 is 0 Å². The van der Waals surface area contributed by atoms with E-state index in [0.29, 0.717) is 12.1 Å². The first-order valence-corrected chi connectivity index (χ1v) is 5.22. The zero-order valence-corrected chi connectivity index (χ0v) is 8.57. The Morgan fingerprint density at radius 3 is 2.71 bits per heavy atom. The van der Waals surface area contributed by atoms with Gasteiger partial charge in [0, 0.05) is 12.1 Å². The molecule has 1 aromatic rings. The zero-order valence-electron chi connectivity index (χ0n) is 8.57. The molecule has 2 nitrogen and oxygen atoms in total. The summed E-state index contributed by atoms with van der Waals surface area (Å²) < 4.78 is 5.61. The van der Waals surface area contributed by atoms with Gasteiger partial charge in [-0.25, -0.2) is 0 Å². The number of ether oxygens (including phenoxy) is 1. The molecule has 0 spiro atoms. The van der Waals surface area contributed by atoms with Crippen molar-refractivity contribution in [2.75, 3.05) is 6.61 Å². The fourth-order valence-corrected chi connectivity index (χ4v) is 1.81. The molecule has 0 amide bonds. The third-order valence-electron chi connectivity index (χ3n) is 2.59. The van der Waals surface area contributed by atoms with E-state index in [1.165, 1.54) is 12.0 Å². The van der Waals surface area contributed by atoms with Crippen molar-refractivity contribution in [2.24, 2.45) is 0 Å². The van der Waals surface area contributed by atoms with Crippen LogP contribution in [0.4, 0.5) is 0 Å². The Hall–Kier alpha value is -0.860. The van der Waals surface area contributed by atoms with Crippen molar-refractivity contribution in [3.05, 3.63) is 35.9 Å². The van der Waals surface area contributed by atoms with Gasteiger partial charge in [-0.3, -0.25) is 0 Å². The molecule has 0 bridgehead atoms. The van der Waals surface area contributed by atoms with Gasteiger partial charge in [-0.2, -0.15) is 0 Å². The normalized spacial score (nSPS) is 25.8. The quantitative estimate of drug-likeness (QED) is 0.785. The van der Waals surface area contributed by atoms with Gasteiger partial charge in [0.1, 0.15) is 0 Å². The summed E-state index contributed by atoms with van der Waals surface area (Å²) in [4.78, 5) is 0. The highest BCUT2D eigenvalue weighted by atomic mass is 16.5. The molecule has 0 saturated carbocycles. The molecule has 0 radical (unpaired) electrons. The van der Waals surface area contributed by atoms with Crippen molar-refractivity contribution in [3.63, 3.8) is 0 Å². The topological polar surface area (TPSA) is 21.3 Å². The van der Waals surface area contributed by atoms with E-state index in [2.05, 4.69) is 24.4 Å². The molecule has 1 aliphatic heterocycles. The smallest absolute Gasteiger partial charge is 0.0717 e. The summed E-state index contributed by atoms with van der Waals surface area (Å²) in [5, 5.41) is 3.40. The fraction of sp³-hybridized carbons (Fsp3) is 0.500. The highest BCUT2D eigenvalue weighted by Gasteiger charge is 2.23. The summed E-state index contributed by atoms with van der Waals surface area (Å²) in [6.07, 6.45) is 1.24. The summed E-state index contributed by atoms with van der Waals surface area (Å²) in [5.74, 6) is 0. The van der Waals surface area contributed by atoms with E-state index in [1.54, 1.807) is 0 Å². The Morgan fingerprint density at radius 2 is 2.07 bits per heavy atom. The molecule has 14 heavy (non-hydrogen) atoms. The van der Waals surface area contributed by atoms with Crippen LogP contribution < -0.4 is 5.32 Å². The first-order chi connectivity index (χ1) is 6.84. The number of nitrogens with one attached hydrogen (secondary N) is 1. The third-order valence-corrected chi connectivity index (χ3v) is 2.59. The monoisotopic (exact) mass is 191 g/mol. The SMILES string of the molecule is CC1CC(COCc2ccccc2)N1. The van der Waals surface area contributed by atoms with Crippen molar-refractivity contribution >= 4 is 0 Å². The van der Waals surface area contributed by atoms with Crippen LogP contribution in [-0.2, 0) is 11.3 Å². The maximum atomic E-state index is 5.61. The van der Waals surface area contributed by atoms with Gasteiger partial charge in [0.2, 0.25) is 0 Å². The van der Waals surface area contributed by atoms with E-state index in [9.17, 15) is 0 Å². The van der Waals surface area contributed by atoms with Crippen LogP contribution in [0.15, 0.2) is 30.3 Å². The average Bonchev–Trinajstić information content (AvgIpc) is 2.17. The first-order valence-electron chi connectivity index (χ1n) is 5.22. The van der Waals surface area contributed by atoms with E-state index in [4.69, 9.17) is 4.74 Å². The van der Waals surface area contributed by atoms with Gasteiger partial charge in [0.25, 0.3) is 0 Å². The predicted octanol–water partition coefficient (Wildman–Crippen LogP) is 1.95. The first kappa shape index (κ1) is 9.69. The number of benzene rings is 1. The molecule has 1 N–H and O–H groups in total. The molecule has 2 atom stereocenters. The summed E-state index contributed by atoms with van der Waals surface area (Å²) >= 11 is 0. The van der Waals surface area contributed by atoms with Crippen LogP contribution in [0.25, 0.3) is 0 Å². The predicted molar refractivity (Wildman–Crippen MR) is 57.1 cm³/mol. The third kappa shape index (κ3) is 2.56. The molecule has 2 heteroatoms. The van der Waals surface area contributed by atoms with E-state index in [-0.39, 0.29) is 0 Å². The molecule has 2 unspecified atom stereocenters. The Balaban J connectivity index is 1.64. The lowest BCUT2D eigenvalue weighted by molar-refractivity contribution is 0.0681. The van der Waals surface area contributed by atoms with Gasteiger partial charge in [-0.15, -0.1) is 0 Å². The Kier molecular flexibility index (Phi) is 3.17. The van der Waals surface area contributed by atoms with Gasteiger partial charge in [0.15, 0.2) is 0 Å². The molecule has 0 aliphatic carbocycles. The molecule has 76 valence electrons. The summed E-state index contributed by atoms with van der Waals surface area (Å²) in [6, 6.07) is 11.6. The lowest BCUT2D eigenvalue weighted by atomic mass is 10.00. The standard InChI is InChI=1S/C12H17NO/c1-10-7-12(13-10)9-14-8-11-5-3-2-4-6-11/h2-6,10,12-13H,7-9H2,1H3. The second-order valence-electron chi connectivity index (χ2n) is 4.00. The zero-order chi connectivity index (χ0) is 9.80. The Bertz CT molecular complexity index is 267. The van der Waals surface area contributed by atoms with E-state index in [1.807, 2.05) is 18.2 Å². The number of hydrogen-bond donors (Lipinski definition) is 1. The second-order valence-corrected chi connectivity index (χ2v) is 4.00. The summed E-state index contributed by atoms with van der Waals surface area (Å²) in [5.41, 5.74) is 1.25. The van der Waals surface area contributed by atoms with E-state index < -0.39 is 0 Å². The molecule has 1 aromatic carbocycles. The second kappa shape index (κ2) is 4.58. The van der Waals surface area contributed by atoms with Crippen LogP contribution in [-0.4, -0.2) is 18.7 Å². The van der Waals surface area contributed by atoms with Crippen molar-refractivity contribution < 1.29 is 4.74 Å². The largest absolute Gasteiger partial charge is 0.375 e. The van der Waals surface area contributed by atoms with Crippen LogP contribution in [0.3, 0.4) is 0 Å². The molecule has 1 saturated heterocycles. The maximum Gasteiger partial charge on any atom is 0.0717 e. The molecule has 1 heterocycles. The molecule has 0 aromatic heterocycles. The maximum absolute atomic E-state index is 5.61. The lowest BCUT2D eigenvalue weighted by Crippen LogP contribution is -2.52. The Morgan fingerprint density at radius 1 is 1.36 bits per heavy atom. The van der Waals surface area contributed by atoms with Crippen molar-refractivity contribution in [3.8, 4) is 0 Å². The molecular weight excluding hydrogens is 174 g/mol.